The van der Waals surface area contributed by atoms with Crippen molar-refractivity contribution in [2.75, 3.05) is 11.9 Å². The van der Waals surface area contributed by atoms with Gasteiger partial charge in [0.1, 0.15) is 11.7 Å². The maximum Gasteiger partial charge on any atom is 0.255 e. The lowest BCUT2D eigenvalue weighted by molar-refractivity contribution is -0.00177. The van der Waals surface area contributed by atoms with Gasteiger partial charge in [-0.3, -0.25) is 14.9 Å². The van der Waals surface area contributed by atoms with E-state index in [2.05, 4.69) is 30.8 Å². The van der Waals surface area contributed by atoms with Crippen LogP contribution < -0.4 is 10.6 Å². The van der Waals surface area contributed by atoms with Gasteiger partial charge in [0.05, 0.1) is 40.8 Å². The van der Waals surface area contributed by atoms with Crippen LogP contribution in [0.3, 0.4) is 0 Å². The first-order valence-electron chi connectivity index (χ1n) is 9.37. The molecular weight excluding hydrogens is 375 g/mol. The van der Waals surface area contributed by atoms with E-state index in [0.29, 0.717) is 22.4 Å². The van der Waals surface area contributed by atoms with E-state index in [1.165, 1.54) is 20.0 Å². The highest BCUT2D eigenvalue weighted by Crippen LogP contribution is 2.28. The Morgan fingerprint density at radius 2 is 2.07 bits per heavy atom. The highest BCUT2D eigenvalue weighted by atomic mass is 19.1. The SMILES string of the molecule is CC(C)Nc1c(C(=O)NCC(F)C(C)(C)O)cnc2ccc(-c3cn[nH]c3)nc12. The Morgan fingerprint density at radius 3 is 2.69 bits per heavy atom. The lowest BCUT2D eigenvalue weighted by atomic mass is 10.0. The number of nitrogens with one attached hydrogen (secondary N) is 3. The van der Waals surface area contributed by atoms with Crippen molar-refractivity contribution in [1.82, 2.24) is 25.5 Å². The van der Waals surface area contributed by atoms with Crippen molar-refractivity contribution in [3.05, 3.63) is 36.3 Å². The van der Waals surface area contributed by atoms with Crippen molar-refractivity contribution in [2.45, 2.75) is 45.5 Å². The van der Waals surface area contributed by atoms with E-state index in [1.54, 1.807) is 12.4 Å². The van der Waals surface area contributed by atoms with Crippen LogP contribution in [0.25, 0.3) is 22.3 Å². The summed E-state index contributed by atoms with van der Waals surface area (Å²) in [5.74, 6) is -0.495. The highest BCUT2D eigenvalue weighted by molar-refractivity contribution is 6.06. The molecule has 1 amide bonds. The smallest absolute Gasteiger partial charge is 0.255 e. The van der Waals surface area contributed by atoms with Gasteiger partial charge in [-0.2, -0.15) is 5.10 Å². The molecule has 3 aromatic rings. The summed E-state index contributed by atoms with van der Waals surface area (Å²) in [4.78, 5) is 21.8. The molecule has 0 saturated heterocycles. The Kier molecular flexibility index (Phi) is 5.78. The second-order valence-corrected chi connectivity index (χ2v) is 7.73. The summed E-state index contributed by atoms with van der Waals surface area (Å²) in [6.45, 7) is 6.28. The van der Waals surface area contributed by atoms with E-state index < -0.39 is 17.7 Å². The van der Waals surface area contributed by atoms with Crippen molar-refractivity contribution < 1.29 is 14.3 Å². The number of H-pyrrole nitrogens is 1. The van der Waals surface area contributed by atoms with Crippen molar-refractivity contribution in [3.63, 3.8) is 0 Å². The number of halogens is 1. The maximum absolute atomic E-state index is 14.0. The number of rotatable bonds is 7. The maximum atomic E-state index is 14.0. The van der Waals surface area contributed by atoms with Crippen molar-refractivity contribution in [2.24, 2.45) is 0 Å². The van der Waals surface area contributed by atoms with Crippen LogP contribution in [-0.2, 0) is 0 Å². The van der Waals surface area contributed by atoms with E-state index in [1.807, 2.05) is 26.0 Å². The lowest BCUT2D eigenvalue weighted by Gasteiger charge is -2.23. The third-order valence-electron chi connectivity index (χ3n) is 4.39. The van der Waals surface area contributed by atoms with Crippen molar-refractivity contribution >= 4 is 22.6 Å². The molecule has 8 nitrogen and oxygen atoms in total. The lowest BCUT2D eigenvalue weighted by Crippen LogP contribution is -2.42. The predicted molar refractivity (Wildman–Crippen MR) is 109 cm³/mol. The molecule has 3 heterocycles. The van der Waals surface area contributed by atoms with Gasteiger partial charge >= 0.3 is 0 Å². The first kappa shape index (κ1) is 20.7. The van der Waals surface area contributed by atoms with Crippen LogP contribution in [0.1, 0.15) is 38.1 Å². The second kappa shape index (κ2) is 8.12. The minimum Gasteiger partial charge on any atom is -0.387 e. The molecule has 0 bridgehead atoms. The number of aromatic nitrogens is 4. The van der Waals surface area contributed by atoms with Gasteiger partial charge in [-0.1, -0.05) is 0 Å². The number of nitrogens with zero attached hydrogens (tertiary/aromatic N) is 3. The second-order valence-electron chi connectivity index (χ2n) is 7.73. The molecule has 0 fully saturated rings. The Labute approximate surface area is 168 Å². The topological polar surface area (TPSA) is 116 Å². The molecule has 29 heavy (non-hydrogen) atoms. The summed E-state index contributed by atoms with van der Waals surface area (Å²) in [6.07, 6.45) is 3.23. The quantitative estimate of drug-likeness (QED) is 0.485. The molecule has 3 aromatic heterocycles. The fourth-order valence-corrected chi connectivity index (χ4v) is 2.75. The Hall–Kier alpha value is -3.07. The number of anilines is 1. The molecule has 0 radical (unpaired) electrons. The number of aliphatic hydroxyl groups is 1. The molecule has 0 saturated carbocycles. The largest absolute Gasteiger partial charge is 0.387 e. The predicted octanol–water partition coefficient (Wildman–Crippen LogP) is 2.68. The van der Waals surface area contributed by atoms with Crippen molar-refractivity contribution in [1.29, 1.82) is 0 Å². The zero-order chi connectivity index (χ0) is 21.2. The van der Waals surface area contributed by atoms with Crippen LogP contribution in [-0.4, -0.2) is 55.5 Å². The molecule has 1 atom stereocenters. The summed E-state index contributed by atoms with van der Waals surface area (Å²) in [6, 6.07) is 3.68. The van der Waals surface area contributed by atoms with E-state index in [-0.39, 0.29) is 18.2 Å². The number of amides is 1. The average molecular weight is 400 g/mol. The molecular formula is C20H25FN6O2. The Bertz CT molecular complexity index is 998. The number of aromatic amines is 1. The minimum absolute atomic E-state index is 0.0248. The third-order valence-corrected chi connectivity index (χ3v) is 4.39. The number of carbonyl (C=O) groups excluding carboxylic acids is 1. The van der Waals surface area contributed by atoms with Crippen LogP contribution in [0.4, 0.5) is 10.1 Å². The molecule has 0 aliphatic heterocycles. The number of pyridine rings is 2. The normalized spacial score (nSPS) is 12.9. The third kappa shape index (κ3) is 4.68. The minimum atomic E-state index is -1.60. The average Bonchev–Trinajstić information content (AvgIpc) is 3.19. The number of hydrogen-bond acceptors (Lipinski definition) is 6. The van der Waals surface area contributed by atoms with Crippen LogP contribution in [0.2, 0.25) is 0 Å². The van der Waals surface area contributed by atoms with Crippen LogP contribution in [0, 0.1) is 0 Å². The number of alkyl halides is 1. The molecule has 9 heteroatoms. The van der Waals surface area contributed by atoms with E-state index in [0.717, 1.165) is 5.56 Å². The zero-order valence-corrected chi connectivity index (χ0v) is 16.8. The monoisotopic (exact) mass is 400 g/mol. The fourth-order valence-electron chi connectivity index (χ4n) is 2.75. The van der Waals surface area contributed by atoms with Gasteiger partial charge < -0.3 is 15.7 Å². The number of carbonyl (C=O) groups is 1. The molecule has 4 N–H and O–H groups in total. The molecule has 1 unspecified atom stereocenters. The summed E-state index contributed by atoms with van der Waals surface area (Å²) in [7, 11) is 0. The van der Waals surface area contributed by atoms with Gasteiger partial charge in [0.25, 0.3) is 5.91 Å². The Morgan fingerprint density at radius 1 is 1.31 bits per heavy atom. The summed E-state index contributed by atoms with van der Waals surface area (Å²) in [5, 5.41) is 22.2. The van der Waals surface area contributed by atoms with Gasteiger partial charge in [-0.25, -0.2) is 9.37 Å². The van der Waals surface area contributed by atoms with Crippen LogP contribution >= 0.6 is 0 Å². The van der Waals surface area contributed by atoms with Gasteiger partial charge in [0.2, 0.25) is 0 Å². The standard InChI is InChI=1S/C20H25FN6O2/c1-11(2)26-17-13(19(28)23-10-16(21)20(3,4)29)9-22-15-6-5-14(27-18(15)17)12-7-24-25-8-12/h5-9,11,16,29H,10H2,1-4H3,(H,22,26)(H,23,28)(H,24,25). The molecule has 0 aliphatic rings. The van der Waals surface area contributed by atoms with E-state index in [4.69, 9.17) is 0 Å². The highest BCUT2D eigenvalue weighted by Gasteiger charge is 2.27. The van der Waals surface area contributed by atoms with Crippen LogP contribution in [0.5, 0.6) is 0 Å². The van der Waals surface area contributed by atoms with E-state index in [9.17, 15) is 14.3 Å². The number of hydrogen-bond donors (Lipinski definition) is 4. The van der Waals surface area contributed by atoms with Crippen LogP contribution in [0.15, 0.2) is 30.7 Å². The van der Waals surface area contributed by atoms with Gasteiger partial charge in [-0.15, -0.1) is 0 Å². The number of fused-ring (bicyclic) bond motifs is 1. The molecule has 0 aromatic carbocycles. The molecule has 154 valence electrons. The van der Waals surface area contributed by atoms with Gasteiger partial charge in [0.15, 0.2) is 0 Å². The van der Waals surface area contributed by atoms with E-state index >= 15 is 0 Å². The van der Waals surface area contributed by atoms with Crippen molar-refractivity contribution in [3.8, 4) is 11.3 Å². The summed E-state index contributed by atoms with van der Waals surface area (Å²) < 4.78 is 14.0. The zero-order valence-electron chi connectivity index (χ0n) is 16.8. The van der Waals surface area contributed by atoms with Gasteiger partial charge in [-0.05, 0) is 39.8 Å². The first-order chi connectivity index (χ1) is 13.7. The summed E-state index contributed by atoms with van der Waals surface area (Å²) in [5.41, 5.74) is 1.87. The fraction of sp³-hybridized carbons (Fsp3) is 0.400. The molecule has 0 spiro atoms. The molecule has 3 rings (SSSR count). The van der Waals surface area contributed by atoms with Gasteiger partial charge in [0, 0.05) is 24.0 Å². The first-order valence-corrected chi connectivity index (χ1v) is 9.37. The molecule has 0 aliphatic carbocycles. The Balaban J connectivity index is 2.00. The summed E-state index contributed by atoms with van der Waals surface area (Å²) >= 11 is 0.